The molecular formula is C14H14F5NO2. The highest BCUT2D eigenvalue weighted by Crippen LogP contribution is 2.31. The molecule has 1 heterocycles. The van der Waals surface area contributed by atoms with Crippen molar-refractivity contribution in [2.45, 2.75) is 18.4 Å². The van der Waals surface area contributed by atoms with Crippen LogP contribution in [0.1, 0.15) is 17.3 Å². The summed E-state index contributed by atoms with van der Waals surface area (Å²) in [6.07, 6.45) is -6.66. The summed E-state index contributed by atoms with van der Waals surface area (Å²) in [6.45, 7) is -0.677. The molecule has 22 heavy (non-hydrogen) atoms. The highest BCUT2D eigenvalue weighted by Gasteiger charge is 2.34. The maximum atomic E-state index is 14.2. The smallest absolute Gasteiger partial charge is 0.377 e. The number of carbonyl (C=O) groups excluding carboxylic acids is 1. The van der Waals surface area contributed by atoms with Crippen LogP contribution in [-0.2, 0) is 15.7 Å². The molecule has 1 saturated heterocycles. The first-order chi connectivity index (χ1) is 10.3. The summed E-state index contributed by atoms with van der Waals surface area (Å²) in [6, 6.07) is 2.38. The van der Waals surface area contributed by atoms with E-state index in [1.165, 1.54) is 0 Å². The van der Waals surface area contributed by atoms with Crippen LogP contribution in [0.3, 0.4) is 0 Å². The Kier molecular flexibility index (Phi) is 5.00. The number of nitrogens with zero attached hydrogens (tertiary/aromatic N) is 1. The third kappa shape index (κ3) is 3.55. The molecule has 0 saturated carbocycles. The van der Waals surface area contributed by atoms with Gasteiger partial charge < -0.3 is 9.64 Å². The van der Waals surface area contributed by atoms with Gasteiger partial charge in [-0.3, -0.25) is 4.79 Å². The zero-order valence-electron chi connectivity index (χ0n) is 11.4. The molecule has 1 aromatic rings. The first-order valence-corrected chi connectivity index (χ1v) is 6.60. The van der Waals surface area contributed by atoms with Crippen molar-refractivity contribution < 1.29 is 31.5 Å². The minimum atomic E-state index is -4.53. The van der Waals surface area contributed by atoms with Crippen molar-refractivity contribution in [3.8, 4) is 0 Å². The number of halogens is 5. The molecule has 0 radical (unpaired) electrons. The second-order valence-corrected chi connectivity index (χ2v) is 4.90. The third-order valence-electron chi connectivity index (χ3n) is 3.44. The summed E-state index contributed by atoms with van der Waals surface area (Å²) in [7, 11) is 0. The maximum Gasteiger partial charge on any atom is 0.416 e. The molecule has 2 atom stereocenters. The number of carbonyl (C=O) groups is 1. The molecule has 0 aromatic heterocycles. The Hall–Kier alpha value is -1.70. The molecule has 1 aromatic carbocycles. The first-order valence-electron chi connectivity index (χ1n) is 6.60. The van der Waals surface area contributed by atoms with Crippen LogP contribution in [0.5, 0.6) is 0 Å². The fourth-order valence-electron chi connectivity index (χ4n) is 2.20. The van der Waals surface area contributed by atoms with Gasteiger partial charge in [0.2, 0.25) is 6.17 Å². The lowest BCUT2D eigenvalue weighted by atomic mass is 10.1. The number of benzene rings is 1. The van der Waals surface area contributed by atoms with Crippen LogP contribution >= 0.6 is 0 Å². The van der Waals surface area contributed by atoms with E-state index in [1.54, 1.807) is 0 Å². The van der Waals surface area contributed by atoms with E-state index < -0.39 is 36.5 Å². The molecule has 8 heteroatoms. The number of morpholine rings is 1. The SMILES string of the molecule is O=C(C(F)c1ccc(C(F)(F)F)cc1)N1CCOCC1CF. The minimum Gasteiger partial charge on any atom is -0.377 e. The first kappa shape index (κ1) is 16.7. The molecule has 1 amide bonds. The van der Waals surface area contributed by atoms with Gasteiger partial charge in [-0.1, -0.05) is 12.1 Å². The second-order valence-electron chi connectivity index (χ2n) is 4.90. The molecule has 122 valence electrons. The highest BCUT2D eigenvalue weighted by atomic mass is 19.4. The number of alkyl halides is 5. The van der Waals surface area contributed by atoms with Gasteiger partial charge in [0.25, 0.3) is 5.91 Å². The summed E-state index contributed by atoms with van der Waals surface area (Å²) >= 11 is 0. The van der Waals surface area contributed by atoms with Gasteiger partial charge >= 0.3 is 6.18 Å². The molecule has 1 aliphatic rings. The lowest BCUT2D eigenvalue weighted by molar-refractivity contribution is -0.146. The van der Waals surface area contributed by atoms with Gasteiger partial charge in [0.05, 0.1) is 24.8 Å². The number of amides is 1. The molecule has 0 N–H and O–H groups in total. The summed E-state index contributed by atoms with van der Waals surface area (Å²) < 4.78 is 69.4. The maximum absolute atomic E-state index is 14.2. The van der Waals surface area contributed by atoms with E-state index in [9.17, 15) is 26.7 Å². The van der Waals surface area contributed by atoms with Crippen LogP contribution in [0.15, 0.2) is 24.3 Å². The van der Waals surface area contributed by atoms with E-state index in [-0.39, 0.29) is 25.3 Å². The summed E-state index contributed by atoms with van der Waals surface area (Å²) in [5, 5.41) is 0. The lowest BCUT2D eigenvalue weighted by Gasteiger charge is -2.34. The van der Waals surface area contributed by atoms with Gasteiger partial charge in [-0.25, -0.2) is 8.78 Å². The molecule has 3 nitrogen and oxygen atoms in total. The standard InChI is InChI=1S/C14H14F5NO2/c15-7-11-8-22-6-5-20(11)13(21)12(16)9-1-3-10(4-2-9)14(17,18)19/h1-4,11-12H,5-8H2. The predicted octanol–water partition coefficient (Wildman–Crippen LogP) is 2.91. The molecule has 0 bridgehead atoms. The van der Waals surface area contributed by atoms with E-state index in [1.807, 2.05) is 0 Å². The van der Waals surface area contributed by atoms with E-state index in [0.717, 1.165) is 17.0 Å². The molecule has 1 aliphatic heterocycles. The Balaban J connectivity index is 2.13. The number of rotatable bonds is 3. The van der Waals surface area contributed by atoms with Gasteiger partial charge in [-0.05, 0) is 17.7 Å². The number of hydrogen-bond acceptors (Lipinski definition) is 2. The normalized spacial score (nSPS) is 20.8. The van der Waals surface area contributed by atoms with Crippen molar-refractivity contribution in [2.75, 3.05) is 26.4 Å². The van der Waals surface area contributed by atoms with Gasteiger partial charge in [-0.15, -0.1) is 0 Å². The zero-order chi connectivity index (χ0) is 16.3. The monoisotopic (exact) mass is 323 g/mol. The molecule has 2 unspecified atom stereocenters. The Morgan fingerprint density at radius 1 is 1.32 bits per heavy atom. The molecule has 0 spiro atoms. The van der Waals surface area contributed by atoms with E-state index >= 15 is 0 Å². The minimum absolute atomic E-state index is 0.0258. The van der Waals surface area contributed by atoms with Gasteiger partial charge in [0.15, 0.2) is 0 Å². The van der Waals surface area contributed by atoms with Crippen molar-refractivity contribution in [1.29, 1.82) is 0 Å². The van der Waals surface area contributed by atoms with Crippen molar-refractivity contribution in [2.24, 2.45) is 0 Å². The number of hydrogen-bond donors (Lipinski definition) is 0. The zero-order valence-corrected chi connectivity index (χ0v) is 11.4. The van der Waals surface area contributed by atoms with Crippen molar-refractivity contribution in [3.63, 3.8) is 0 Å². The molecule has 1 fully saturated rings. The average molecular weight is 323 g/mol. The van der Waals surface area contributed by atoms with Crippen LogP contribution in [0, 0.1) is 0 Å². The van der Waals surface area contributed by atoms with Crippen molar-refractivity contribution in [1.82, 2.24) is 4.90 Å². The van der Waals surface area contributed by atoms with Gasteiger partial charge in [-0.2, -0.15) is 13.2 Å². The second kappa shape index (κ2) is 6.60. The Labute approximate surface area is 123 Å². The van der Waals surface area contributed by atoms with E-state index in [2.05, 4.69) is 0 Å². The Morgan fingerprint density at radius 3 is 2.50 bits per heavy atom. The van der Waals surface area contributed by atoms with Crippen LogP contribution in [0.25, 0.3) is 0 Å². The fourth-order valence-corrected chi connectivity index (χ4v) is 2.20. The Bertz CT molecular complexity index is 517. The van der Waals surface area contributed by atoms with Crippen molar-refractivity contribution >= 4 is 5.91 Å². The van der Waals surface area contributed by atoms with Crippen LogP contribution in [0.4, 0.5) is 22.0 Å². The molecular weight excluding hydrogens is 309 g/mol. The molecule has 2 rings (SSSR count). The highest BCUT2D eigenvalue weighted by molar-refractivity contribution is 5.82. The summed E-state index contributed by atoms with van der Waals surface area (Å²) in [4.78, 5) is 13.1. The number of ether oxygens (including phenoxy) is 1. The van der Waals surface area contributed by atoms with E-state index in [4.69, 9.17) is 4.74 Å². The van der Waals surface area contributed by atoms with Crippen LogP contribution in [-0.4, -0.2) is 43.3 Å². The Morgan fingerprint density at radius 2 is 1.95 bits per heavy atom. The predicted molar refractivity (Wildman–Crippen MR) is 67.6 cm³/mol. The summed E-state index contributed by atoms with van der Waals surface area (Å²) in [5.41, 5.74) is -1.12. The van der Waals surface area contributed by atoms with Crippen LogP contribution < -0.4 is 0 Å². The average Bonchev–Trinajstić information content (AvgIpc) is 2.52. The lowest BCUT2D eigenvalue weighted by Crippen LogP contribution is -2.50. The topological polar surface area (TPSA) is 29.5 Å². The van der Waals surface area contributed by atoms with E-state index in [0.29, 0.717) is 12.1 Å². The summed E-state index contributed by atoms with van der Waals surface area (Å²) in [5.74, 6) is -0.967. The molecule has 0 aliphatic carbocycles. The quantitative estimate of drug-likeness (QED) is 0.801. The van der Waals surface area contributed by atoms with Crippen molar-refractivity contribution in [3.05, 3.63) is 35.4 Å². The third-order valence-corrected chi connectivity index (χ3v) is 3.44. The van der Waals surface area contributed by atoms with Gasteiger partial charge in [0, 0.05) is 6.54 Å². The van der Waals surface area contributed by atoms with Gasteiger partial charge in [0.1, 0.15) is 6.67 Å². The van der Waals surface area contributed by atoms with Crippen LogP contribution in [0.2, 0.25) is 0 Å². The largest absolute Gasteiger partial charge is 0.416 e. The fraction of sp³-hybridized carbons (Fsp3) is 0.500.